The molecule has 5 heterocycles. The minimum Gasteiger partial charge on any atom is -0.474 e. The van der Waals surface area contributed by atoms with E-state index >= 15 is 0 Å². The standard InChI is InChI=1S/C26H38N6O10P2S2Si/c1-26(2,3)47(4,5)42-21-18-11-37-43(34,45)40-17-9-16(38-19-6-7-27-12-28-19)8-15(17)10-36-44(35,46)41-22(21)25(39-18)32-14-31-20-23(32)29-13-30-24(20)33/h6-7,12-18,21-22,25H,8-11H2,1-5H3,(H,34,45)(H,35,46)(H,29,30,33)/t15-,16-,17+,18-,21-,22-,25-,43+,44-/m1/s1. The summed E-state index contributed by atoms with van der Waals surface area (Å²) in [7, 11) is -2.56. The van der Waals surface area contributed by atoms with Crippen LogP contribution in [0.5, 0.6) is 5.88 Å². The van der Waals surface area contributed by atoms with Crippen molar-refractivity contribution in [3.8, 4) is 5.88 Å². The molecule has 0 amide bonds. The summed E-state index contributed by atoms with van der Waals surface area (Å²) in [6, 6.07) is 1.62. The Morgan fingerprint density at radius 3 is 2.51 bits per heavy atom. The van der Waals surface area contributed by atoms with Crippen LogP contribution >= 0.6 is 38.1 Å². The molecule has 0 radical (unpaired) electrons. The van der Waals surface area contributed by atoms with Crippen molar-refractivity contribution in [3.63, 3.8) is 0 Å². The highest BCUT2D eigenvalue weighted by molar-refractivity contribution is 8.44. The smallest absolute Gasteiger partial charge is 0.386 e. The predicted molar refractivity (Wildman–Crippen MR) is 178 cm³/mol. The van der Waals surface area contributed by atoms with E-state index in [2.05, 4.69) is 70.2 Å². The molecule has 16 nitrogen and oxygen atoms in total. The molecule has 6 rings (SSSR count). The van der Waals surface area contributed by atoms with Crippen molar-refractivity contribution in [3.05, 3.63) is 41.6 Å². The number of imidazole rings is 1. The quantitative estimate of drug-likeness (QED) is 0.181. The Balaban J connectivity index is 1.35. The Morgan fingerprint density at radius 2 is 1.79 bits per heavy atom. The van der Waals surface area contributed by atoms with E-state index in [-0.39, 0.29) is 35.5 Å². The van der Waals surface area contributed by atoms with Gasteiger partial charge in [0, 0.05) is 24.6 Å². The van der Waals surface area contributed by atoms with E-state index in [1.807, 2.05) is 13.1 Å². The normalized spacial score (nSPS) is 35.5. The molecule has 21 heteroatoms. The highest BCUT2D eigenvalue weighted by Crippen LogP contribution is 2.61. The summed E-state index contributed by atoms with van der Waals surface area (Å²) >= 11 is 8.67. The van der Waals surface area contributed by atoms with Gasteiger partial charge in [0.05, 0.1) is 32.0 Å². The third kappa shape index (κ3) is 7.75. The monoisotopic (exact) mass is 748 g/mol. The lowest BCUT2D eigenvalue weighted by molar-refractivity contribution is -0.0482. The van der Waals surface area contributed by atoms with Crippen LogP contribution in [0.4, 0.5) is 0 Å². The largest absolute Gasteiger partial charge is 0.474 e. The molecule has 3 aromatic rings. The maximum absolute atomic E-state index is 14.0. The van der Waals surface area contributed by atoms with Gasteiger partial charge in [-0.25, -0.2) is 29.1 Å². The van der Waals surface area contributed by atoms with Gasteiger partial charge in [-0.05, 0) is 24.6 Å². The van der Waals surface area contributed by atoms with Crippen molar-refractivity contribution in [1.29, 1.82) is 0 Å². The fourth-order valence-electron chi connectivity index (χ4n) is 5.59. The molecular weight excluding hydrogens is 710 g/mol. The number of aromatic amines is 1. The molecule has 258 valence electrons. The summed E-state index contributed by atoms with van der Waals surface area (Å²) < 4.78 is 72.4. The minimum atomic E-state index is -4.14. The van der Waals surface area contributed by atoms with Crippen LogP contribution in [0.25, 0.3) is 11.2 Å². The summed E-state index contributed by atoms with van der Waals surface area (Å²) in [6.07, 6.45) is 1.14. The number of H-pyrrole nitrogens is 1. The molecule has 2 saturated heterocycles. The predicted octanol–water partition coefficient (Wildman–Crippen LogP) is 4.95. The highest BCUT2D eigenvalue weighted by Gasteiger charge is 2.55. The number of ether oxygens (including phenoxy) is 2. The van der Waals surface area contributed by atoms with Crippen LogP contribution in [-0.4, -0.2) is 81.5 Å². The van der Waals surface area contributed by atoms with Gasteiger partial charge in [-0.1, -0.05) is 45.3 Å². The molecule has 0 unspecified atom stereocenters. The van der Waals surface area contributed by atoms with Crippen LogP contribution in [0.1, 0.15) is 39.8 Å². The van der Waals surface area contributed by atoms with E-state index in [1.54, 1.807) is 12.3 Å². The second kappa shape index (κ2) is 13.2. The van der Waals surface area contributed by atoms with Crippen LogP contribution in [0.3, 0.4) is 0 Å². The fraction of sp³-hybridized carbons (Fsp3) is 0.654. The highest BCUT2D eigenvalue weighted by atomic mass is 32.7. The van der Waals surface area contributed by atoms with Crippen molar-refractivity contribution >= 4 is 57.6 Å². The van der Waals surface area contributed by atoms with E-state index in [9.17, 15) is 13.9 Å². The first kappa shape index (κ1) is 35.2. The number of aromatic nitrogens is 6. The zero-order chi connectivity index (χ0) is 33.8. The first-order valence-electron chi connectivity index (χ1n) is 15.0. The van der Waals surface area contributed by atoms with Gasteiger partial charge < -0.3 is 23.4 Å². The zero-order valence-electron chi connectivity index (χ0n) is 26.4. The number of hydrogen-bond donors (Lipinski definition) is 3. The first-order chi connectivity index (χ1) is 22.0. The van der Waals surface area contributed by atoms with E-state index < -0.39 is 64.0 Å². The third-order valence-electron chi connectivity index (χ3n) is 8.97. The van der Waals surface area contributed by atoms with E-state index in [1.165, 1.54) is 23.5 Å². The topological polar surface area (TPSA) is 188 Å². The second-order valence-electron chi connectivity index (χ2n) is 13.2. The Hall–Kier alpha value is -1.63. The SMILES string of the molecule is CC(C)(C)[Si](C)(C)O[C@H]1[C@H]2O[P@](=O)(S)OC[C@H]3C[C@@H](Oc4ccncn4)C[C@@H]3O[P@@](=O)(S)OC[C@H]1O[C@H]2n1cnc2c(=O)[nH]cnc21. The molecule has 0 spiro atoms. The van der Waals surface area contributed by atoms with Crippen LogP contribution in [0.15, 0.2) is 36.0 Å². The number of rotatable bonds is 5. The molecule has 3 aromatic heterocycles. The average Bonchev–Trinajstić information content (AvgIpc) is 3.66. The molecule has 1 aliphatic carbocycles. The Morgan fingerprint density at radius 1 is 1.04 bits per heavy atom. The van der Waals surface area contributed by atoms with Crippen LogP contribution in [-0.2, 0) is 36.4 Å². The van der Waals surface area contributed by atoms with Crippen LogP contribution in [0, 0.1) is 5.92 Å². The number of thiol groups is 2. The number of nitrogens with zero attached hydrogens (tertiary/aromatic N) is 5. The molecule has 9 atom stereocenters. The van der Waals surface area contributed by atoms with Crippen molar-refractivity contribution < 1.29 is 41.1 Å². The fourth-order valence-corrected chi connectivity index (χ4v) is 9.97. The first-order valence-corrected chi connectivity index (χ1v) is 23.3. The Kier molecular flexibility index (Phi) is 9.92. The van der Waals surface area contributed by atoms with Gasteiger partial charge in [-0.15, -0.1) is 0 Å². The summed E-state index contributed by atoms with van der Waals surface area (Å²) in [5.41, 5.74) is -0.192. The average molecular weight is 749 g/mol. The van der Waals surface area contributed by atoms with Crippen LogP contribution < -0.4 is 10.3 Å². The summed E-state index contributed by atoms with van der Waals surface area (Å²) in [5.74, 6) is -0.0722. The number of fused-ring (bicyclic) bond motifs is 4. The second-order valence-corrected chi connectivity index (χ2v) is 23.7. The zero-order valence-corrected chi connectivity index (χ0v) is 30.9. The molecule has 1 saturated carbocycles. The van der Waals surface area contributed by atoms with Gasteiger partial charge in [-0.2, -0.15) is 0 Å². The van der Waals surface area contributed by atoms with Crippen LogP contribution in [0.2, 0.25) is 18.1 Å². The van der Waals surface area contributed by atoms with Crippen molar-refractivity contribution in [2.45, 2.75) is 88.5 Å². The maximum Gasteiger partial charge on any atom is 0.386 e. The number of hydrogen-bond acceptors (Lipinski definition) is 14. The molecule has 3 aliphatic rings. The lowest BCUT2D eigenvalue weighted by Gasteiger charge is -2.40. The third-order valence-corrected chi connectivity index (χ3v) is 16.7. The minimum absolute atomic E-state index is 0.0652. The van der Waals surface area contributed by atoms with Gasteiger partial charge >= 0.3 is 13.6 Å². The summed E-state index contributed by atoms with van der Waals surface area (Å²) in [4.78, 5) is 31.5. The van der Waals surface area contributed by atoms with E-state index in [0.29, 0.717) is 18.7 Å². The van der Waals surface area contributed by atoms with Crippen molar-refractivity contribution in [1.82, 2.24) is 29.5 Å². The Labute approximate surface area is 282 Å². The summed E-state index contributed by atoms with van der Waals surface area (Å²) in [6.45, 7) is 1.73. The molecule has 3 fully saturated rings. The molecule has 47 heavy (non-hydrogen) atoms. The molecule has 1 N–H and O–H groups in total. The van der Waals surface area contributed by atoms with Gasteiger partial charge in [0.2, 0.25) is 5.88 Å². The molecular formula is C26H38N6O10P2S2Si. The van der Waals surface area contributed by atoms with E-state index in [0.717, 1.165) is 0 Å². The molecule has 2 aliphatic heterocycles. The van der Waals surface area contributed by atoms with Gasteiger partial charge in [0.1, 0.15) is 30.7 Å². The Bertz CT molecular complexity index is 1750. The molecule has 2 bridgehead atoms. The van der Waals surface area contributed by atoms with E-state index in [4.69, 9.17) is 32.0 Å². The van der Waals surface area contributed by atoms with Gasteiger partial charge in [0.25, 0.3) is 5.56 Å². The van der Waals surface area contributed by atoms with Crippen molar-refractivity contribution in [2.75, 3.05) is 13.2 Å². The number of nitrogens with one attached hydrogen (secondary N) is 1. The molecule has 0 aromatic carbocycles. The van der Waals surface area contributed by atoms with Gasteiger partial charge in [0.15, 0.2) is 25.7 Å². The maximum atomic E-state index is 14.0. The summed E-state index contributed by atoms with van der Waals surface area (Å²) in [5, 5.41) is -0.245. The van der Waals surface area contributed by atoms with Gasteiger partial charge in [-0.3, -0.25) is 22.9 Å². The lowest BCUT2D eigenvalue weighted by atomic mass is 10.1. The van der Waals surface area contributed by atoms with Crippen molar-refractivity contribution in [2.24, 2.45) is 5.92 Å². The lowest BCUT2D eigenvalue weighted by Crippen LogP contribution is -2.50.